The number of nitrogens with one attached hydrogen (secondary N) is 2. The van der Waals surface area contributed by atoms with Crippen LogP contribution in [0.4, 0.5) is 4.79 Å². The molecule has 4 aliphatic heterocycles. The molecule has 5 aliphatic rings. The van der Waals surface area contributed by atoms with Crippen LogP contribution in [-0.4, -0.2) is 108 Å². The molecule has 3 amide bonds. The smallest absolute Gasteiger partial charge is 0.410 e. The third-order valence-corrected chi connectivity index (χ3v) is 14.0. The van der Waals surface area contributed by atoms with E-state index in [4.69, 9.17) is 14.7 Å². The summed E-state index contributed by atoms with van der Waals surface area (Å²) in [6.45, 7) is 12.1. The van der Waals surface area contributed by atoms with Crippen LogP contribution in [-0.2, 0) is 14.3 Å². The fourth-order valence-corrected chi connectivity index (χ4v) is 10.4. The Kier molecular flexibility index (Phi) is 12.2. The zero-order valence-corrected chi connectivity index (χ0v) is 37.6. The van der Waals surface area contributed by atoms with Gasteiger partial charge in [-0.2, -0.15) is 0 Å². The number of hydrogen-bond acceptors (Lipinski definition) is 7. The number of amides is 3. The van der Waals surface area contributed by atoms with Gasteiger partial charge in [0, 0.05) is 31.6 Å². The van der Waals surface area contributed by atoms with E-state index in [9.17, 15) is 14.4 Å². The molecule has 9 rings (SSSR count). The number of carbonyl (C=O) groups excluding carboxylic acids is 3. The number of ether oxygens (including phenoxy) is 1. The van der Waals surface area contributed by atoms with Gasteiger partial charge in [-0.3, -0.25) is 14.5 Å². The number of allylic oxidation sites excluding steroid dienone is 3. The van der Waals surface area contributed by atoms with Crippen LogP contribution >= 0.6 is 0 Å². The quantitative estimate of drug-likeness (QED) is 0.172. The highest BCUT2D eigenvalue weighted by molar-refractivity contribution is 5.86. The topological polar surface area (TPSA) is 131 Å². The van der Waals surface area contributed by atoms with Crippen LogP contribution in [0.15, 0.2) is 84.7 Å². The summed E-state index contributed by atoms with van der Waals surface area (Å²) in [6, 6.07) is 16.7. The largest absolute Gasteiger partial charge is 0.444 e. The average Bonchev–Trinajstić information content (AvgIpc) is 4.14. The van der Waals surface area contributed by atoms with Gasteiger partial charge in [-0.05, 0) is 126 Å². The molecule has 1 aliphatic carbocycles. The number of likely N-dealkylation sites (tertiary alicyclic amines) is 4. The average molecular weight is 853 g/mol. The van der Waals surface area contributed by atoms with Gasteiger partial charge in [-0.25, -0.2) is 14.8 Å². The monoisotopic (exact) mass is 853 g/mol. The lowest BCUT2D eigenvalue weighted by atomic mass is 9.79. The van der Waals surface area contributed by atoms with E-state index in [0.29, 0.717) is 32.5 Å². The first kappa shape index (κ1) is 42.8. The normalized spacial score (nSPS) is 22.3. The minimum absolute atomic E-state index is 0.0490. The van der Waals surface area contributed by atoms with Crippen LogP contribution in [0, 0.1) is 5.41 Å². The highest BCUT2D eigenvalue weighted by Gasteiger charge is 2.45. The van der Waals surface area contributed by atoms with Crippen molar-refractivity contribution in [1.29, 1.82) is 0 Å². The third-order valence-electron chi connectivity index (χ3n) is 14.0. The molecule has 3 atom stereocenters. The van der Waals surface area contributed by atoms with E-state index in [2.05, 4.69) is 86.5 Å². The van der Waals surface area contributed by atoms with Crippen molar-refractivity contribution in [2.45, 2.75) is 122 Å². The van der Waals surface area contributed by atoms with Gasteiger partial charge in [0.25, 0.3) is 0 Å². The van der Waals surface area contributed by atoms with E-state index in [-0.39, 0.29) is 36.0 Å². The van der Waals surface area contributed by atoms with E-state index in [1.165, 1.54) is 12.0 Å². The molecule has 63 heavy (non-hydrogen) atoms. The van der Waals surface area contributed by atoms with Crippen molar-refractivity contribution in [3.8, 4) is 33.6 Å². The summed E-state index contributed by atoms with van der Waals surface area (Å²) in [4.78, 5) is 66.3. The summed E-state index contributed by atoms with van der Waals surface area (Å²) < 4.78 is 5.58. The molecule has 0 unspecified atom stereocenters. The second-order valence-corrected chi connectivity index (χ2v) is 19.6. The lowest BCUT2D eigenvalue weighted by molar-refractivity contribution is -0.145. The van der Waals surface area contributed by atoms with Crippen LogP contribution in [0.25, 0.3) is 33.6 Å². The second-order valence-electron chi connectivity index (χ2n) is 19.6. The van der Waals surface area contributed by atoms with E-state index < -0.39 is 11.0 Å². The first-order valence-corrected chi connectivity index (χ1v) is 23.4. The van der Waals surface area contributed by atoms with Gasteiger partial charge in [-0.1, -0.05) is 80.1 Å². The third kappa shape index (κ3) is 9.14. The standard InChI is InChI=1S/C51H64N8O4/c1-50(2,3)63-49(62)57-31-25-51(4,26-32-57)48(61)59-30-12-16-43(59)46-53-34-41(55-46)38-23-19-36(20-24-38)35-17-21-37(22-18-35)40-33-52-45(54-40)42-15-11-29-58(42)47(60)44(39-13-7-5-8-14-39)56-27-9-6-10-28-56/h5,7,13,17-24,33-34,42-44H,6,8-12,14-16,25-32H2,1-4H3,(H,52,54)(H,53,55)/t42-,43-,44+/m0/s1. The summed E-state index contributed by atoms with van der Waals surface area (Å²) in [5.41, 5.74) is 6.36. The Hall–Kier alpha value is -5.49. The number of imidazole rings is 2. The fourth-order valence-electron chi connectivity index (χ4n) is 10.4. The summed E-state index contributed by atoms with van der Waals surface area (Å²) in [5.74, 6) is 2.06. The molecule has 12 nitrogen and oxygen atoms in total. The Morgan fingerprint density at radius 3 is 1.79 bits per heavy atom. The van der Waals surface area contributed by atoms with Crippen molar-refractivity contribution in [2.75, 3.05) is 39.3 Å². The molecule has 4 fully saturated rings. The van der Waals surface area contributed by atoms with Gasteiger partial charge in [0.2, 0.25) is 11.8 Å². The molecule has 2 aromatic carbocycles. The fraction of sp³-hybridized carbons (Fsp3) is 0.510. The number of aromatic nitrogens is 4. The number of nitrogens with zero attached hydrogens (tertiary/aromatic N) is 6. The highest BCUT2D eigenvalue weighted by atomic mass is 16.6. The number of benzene rings is 2. The Morgan fingerprint density at radius 1 is 0.714 bits per heavy atom. The van der Waals surface area contributed by atoms with Crippen LogP contribution in [0.1, 0.15) is 122 Å². The molecular formula is C51H64N8O4. The molecule has 0 bridgehead atoms. The lowest BCUT2D eigenvalue weighted by Crippen LogP contribution is -2.51. The van der Waals surface area contributed by atoms with Gasteiger partial charge in [0.1, 0.15) is 23.3 Å². The molecule has 0 spiro atoms. The molecule has 0 saturated carbocycles. The van der Waals surface area contributed by atoms with Crippen LogP contribution in [0.5, 0.6) is 0 Å². The molecule has 2 N–H and O–H groups in total. The van der Waals surface area contributed by atoms with Crippen molar-refractivity contribution in [2.24, 2.45) is 5.41 Å². The van der Waals surface area contributed by atoms with Gasteiger partial charge in [0.05, 0.1) is 35.9 Å². The van der Waals surface area contributed by atoms with E-state index >= 15 is 0 Å². The summed E-state index contributed by atoms with van der Waals surface area (Å²) in [7, 11) is 0. The molecule has 0 radical (unpaired) electrons. The van der Waals surface area contributed by atoms with Crippen LogP contribution in [0.3, 0.4) is 0 Å². The van der Waals surface area contributed by atoms with Crippen LogP contribution < -0.4 is 0 Å². The number of hydrogen-bond donors (Lipinski definition) is 2. The predicted molar refractivity (Wildman–Crippen MR) is 245 cm³/mol. The first-order valence-electron chi connectivity index (χ1n) is 23.4. The maximum Gasteiger partial charge on any atom is 0.410 e. The minimum Gasteiger partial charge on any atom is -0.444 e. The number of aromatic amines is 2. The first-order chi connectivity index (χ1) is 30.4. The lowest BCUT2D eigenvalue weighted by Gasteiger charge is -2.41. The Morgan fingerprint density at radius 2 is 1.25 bits per heavy atom. The summed E-state index contributed by atoms with van der Waals surface area (Å²) in [5, 5.41) is 0. The Balaban J connectivity index is 0.826. The van der Waals surface area contributed by atoms with Gasteiger partial charge in [-0.15, -0.1) is 0 Å². The van der Waals surface area contributed by atoms with Gasteiger partial charge < -0.3 is 29.4 Å². The number of piperidine rings is 2. The second kappa shape index (κ2) is 17.9. The van der Waals surface area contributed by atoms with Crippen LogP contribution in [0.2, 0.25) is 0 Å². The van der Waals surface area contributed by atoms with Crippen molar-refractivity contribution in [3.05, 3.63) is 96.4 Å². The summed E-state index contributed by atoms with van der Waals surface area (Å²) in [6.07, 6.45) is 20.4. The highest BCUT2D eigenvalue weighted by Crippen LogP contribution is 2.41. The van der Waals surface area contributed by atoms with Crippen molar-refractivity contribution in [3.63, 3.8) is 0 Å². The van der Waals surface area contributed by atoms with Crippen molar-refractivity contribution in [1.82, 2.24) is 39.5 Å². The molecule has 4 aromatic rings. The Labute approximate surface area is 372 Å². The van der Waals surface area contributed by atoms with E-state index in [1.54, 1.807) is 4.90 Å². The van der Waals surface area contributed by atoms with Gasteiger partial charge in [0.15, 0.2) is 0 Å². The molecule has 12 heteroatoms. The summed E-state index contributed by atoms with van der Waals surface area (Å²) >= 11 is 0. The molecule has 2 aromatic heterocycles. The zero-order valence-electron chi connectivity index (χ0n) is 37.6. The molecular weight excluding hydrogens is 789 g/mol. The Bertz CT molecular complexity index is 2320. The SMILES string of the molecule is CC(C)(C)OC(=O)N1CCC(C)(C(=O)N2CCC[C@H]2c2ncc(-c3ccc(-c4ccc(-c5cnc([C@@H]6CCCN6C(=O)[C@@H](C6=CC=CCC6)N6CCCCC6)[nH]5)cc4)cc3)[nH]2)CC1. The maximum absolute atomic E-state index is 14.4. The zero-order chi connectivity index (χ0) is 43.7. The maximum atomic E-state index is 14.4. The molecule has 332 valence electrons. The van der Waals surface area contributed by atoms with E-state index in [0.717, 1.165) is 116 Å². The van der Waals surface area contributed by atoms with Gasteiger partial charge >= 0.3 is 6.09 Å². The van der Waals surface area contributed by atoms with E-state index in [1.807, 2.05) is 45.0 Å². The number of rotatable bonds is 9. The number of carbonyl (C=O) groups is 3. The molecule has 4 saturated heterocycles. The minimum atomic E-state index is -0.549. The molecule has 6 heterocycles. The predicted octanol–water partition coefficient (Wildman–Crippen LogP) is 9.63. The number of H-pyrrole nitrogens is 2. The van der Waals surface area contributed by atoms with Crippen molar-refractivity contribution >= 4 is 17.9 Å². The van der Waals surface area contributed by atoms with Crippen molar-refractivity contribution < 1.29 is 19.1 Å².